The molecule has 0 saturated carbocycles. The molecule has 3 nitrogen and oxygen atoms in total. The molecule has 1 aromatic heterocycles. The van der Waals surface area contributed by atoms with Gasteiger partial charge in [0.1, 0.15) is 11.6 Å². The molecule has 0 amide bonds. The molecule has 0 fully saturated rings. The molecule has 0 aliphatic carbocycles. The lowest BCUT2D eigenvalue weighted by Crippen LogP contribution is -1.57. The predicted octanol–water partition coefficient (Wildman–Crippen LogP) is 0.346. The summed E-state index contributed by atoms with van der Waals surface area (Å²) in [4.78, 5) is 0. The minimum Gasteiger partial charge on any atom is -0.351 e. The zero-order chi connectivity index (χ0) is 5.11. The Hall–Kier alpha value is -1.30. The van der Waals surface area contributed by atoms with Crippen molar-refractivity contribution in [2.24, 2.45) is 0 Å². The van der Waals surface area contributed by atoms with Gasteiger partial charge in [0.05, 0.1) is 6.20 Å². The number of nitriles is 1. The molecule has 0 N–H and O–H groups in total. The van der Waals surface area contributed by atoms with Gasteiger partial charge in [0.15, 0.2) is 0 Å². The number of hydrogen-bond acceptors (Lipinski definition) is 3. The van der Waals surface area contributed by atoms with Crippen molar-refractivity contribution < 1.29 is 4.52 Å². The van der Waals surface area contributed by atoms with Crippen LogP contribution in [-0.2, 0) is 0 Å². The molecule has 0 saturated heterocycles. The van der Waals surface area contributed by atoms with Crippen LogP contribution in [0.3, 0.4) is 0 Å². The van der Waals surface area contributed by atoms with Crippen LogP contribution in [0, 0.1) is 17.6 Å². The molecule has 0 aromatic carbocycles. The summed E-state index contributed by atoms with van der Waals surface area (Å²) < 4.78 is 4.21. The maximum absolute atomic E-state index is 8.05. The van der Waals surface area contributed by atoms with Crippen LogP contribution >= 0.6 is 0 Å². The summed E-state index contributed by atoms with van der Waals surface area (Å²) in [6.07, 6.45) is 3.55. The topological polar surface area (TPSA) is 49.8 Å². The molecule has 1 heterocycles. The lowest BCUT2D eigenvalue weighted by molar-refractivity contribution is 0.412. The highest BCUT2D eigenvalue weighted by atomic mass is 16.5. The summed E-state index contributed by atoms with van der Waals surface area (Å²) in [6.45, 7) is 0. The second-order valence-corrected chi connectivity index (χ2v) is 0.953. The highest BCUT2D eigenvalue weighted by Gasteiger charge is 1.87. The summed E-state index contributed by atoms with van der Waals surface area (Å²) in [6, 6.07) is 1.80. The molecular weight excluding hydrogens is 92.1 g/mol. The van der Waals surface area contributed by atoms with E-state index in [0.717, 1.165) is 0 Å². The van der Waals surface area contributed by atoms with Crippen LogP contribution in [0.5, 0.6) is 0 Å². The van der Waals surface area contributed by atoms with Crippen LogP contribution in [0.1, 0.15) is 5.56 Å². The van der Waals surface area contributed by atoms with E-state index in [-0.39, 0.29) is 0 Å². The predicted molar refractivity (Wildman–Crippen MR) is 20.1 cm³/mol. The molecule has 3 heteroatoms. The largest absolute Gasteiger partial charge is 0.351 e. The van der Waals surface area contributed by atoms with Crippen molar-refractivity contribution >= 4 is 0 Å². The van der Waals surface area contributed by atoms with Gasteiger partial charge in [-0.3, -0.25) is 0 Å². The Labute approximate surface area is 40.2 Å². The SMILES string of the molecule is N#Cc1[c]onc1. The van der Waals surface area contributed by atoms with E-state index in [9.17, 15) is 0 Å². The van der Waals surface area contributed by atoms with Crippen LogP contribution in [0.25, 0.3) is 0 Å². The van der Waals surface area contributed by atoms with E-state index in [1.54, 1.807) is 6.07 Å². The highest BCUT2D eigenvalue weighted by molar-refractivity contribution is 5.18. The fraction of sp³-hybridized carbons (Fsp3) is 0. The van der Waals surface area contributed by atoms with Crippen LogP contribution in [0.2, 0.25) is 0 Å². The second kappa shape index (κ2) is 1.43. The molecular formula is C4HN2O. The molecule has 7 heavy (non-hydrogen) atoms. The smallest absolute Gasteiger partial charge is 0.224 e. The normalized spacial score (nSPS) is 7.86. The Bertz CT molecular complexity index is 172. The van der Waals surface area contributed by atoms with Gasteiger partial charge >= 0.3 is 0 Å². The number of nitrogens with zero attached hydrogens (tertiary/aromatic N) is 2. The summed E-state index contributed by atoms with van der Waals surface area (Å²) in [5, 5.41) is 11.3. The zero-order valence-corrected chi connectivity index (χ0v) is 3.38. The minimum atomic E-state index is 0.333. The lowest BCUT2D eigenvalue weighted by Gasteiger charge is -1.55. The van der Waals surface area contributed by atoms with Crippen molar-refractivity contribution in [1.82, 2.24) is 5.16 Å². The van der Waals surface area contributed by atoms with Gasteiger partial charge in [-0.05, 0) is 0 Å². The average Bonchev–Trinajstić information content (AvgIpc) is 2.14. The van der Waals surface area contributed by atoms with Crippen LogP contribution in [0.4, 0.5) is 0 Å². The molecule has 1 aromatic rings. The third-order valence-corrected chi connectivity index (χ3v) is 0.511. The number of aromatic nitrogens is 1. The van der Waals surface area contributed by atoms with Gasteiger partial charge < -0.3 is 4.52 Å². The van der Waals surface area contributed by atoms with E-state index in [1.807, 2.05) is 0 Å². The van der Waals surface area contributed by atoms with Gasteiger partial charge in [0.25, 0.3) is 0 Å². The Balaban J connectivity index is 3.04. The molecule has 0 aliphatic rings. The molecule has 0 aliphatic heterocycles. The molecule has 1 radical (unpaired) electrons. The third kappa shape index (κ3) is 0.578. The maximum atomic E-state index is 8.05. The standard InChI is InChI=1S/C4HN2O/c5-1-4-2-6-7-3-4/h2H. The monoisotopic (exact) mass is 93.0 g/mol. The first-order valence-electron chi connectivity index (χ1n) is 1.66. The van der Waals surface area contributed by atoms with Crippen LogP contribution in [0.15, 0.2) is 10.7 Å². The van der Waals surface area contributed by atoms with Crippen LogP contribution < -0.4 is 0 Å². The number of hydrogen-bond donors (Lipinski definition) is 0. The van der Waals surface area contributed by atoms with Crippen molar-refractivity contribution in [2.75, 3.05) is 0 Å². The molecule has 0 spiro atoms. The molecule has 0 unspecified atom stereocenters. The first kappa shape index (κ1) is 3.88. The van der Waals surface area contributed by atoms with E-state index in [2.05, 4.69) is 15.9 Å². The lowest BCUT2D eigenvalue weighted by atomic mass is 10.4. The van der Waals surface area contributed by atoms with E-state index >= 15 is 0 Å². The Kier molecular flexibility index (Phi) is 0.794. The highest BCUT2D eigenvalue weighted by Crippen LogP contribution is 1.88. The average molecular weight is 93.1 g/mol. The summed E-state index contributed by atoms with van der Waals surface area (Å²) >= 11 is 0. The van der Waals surface area contributed by atoms with Gasteiger partial charge in [0.2, 0.25) is 6.26 Å². The molecule has 33 valence electrons. The Morgan fingerprint density at radius 3 is 3.14 bits per heavy atom. The summed E-state index contributed by atoms with van der Waals surface area (Å²) in [5.74, 6) is 0. The molecule has 1 rings (SSSR count). The van der Waals surface area contributed by atoms with E-state index in [0.29, 0.717) is 5.56 Å². The quantitative estimate of drug-likeness (QED) is 0.465. The summed E-state index contributed by atoms with van der Waals surface area (Å²) in [7, 11) is 0. The van der Waals surface area contributed by atoms with Crippen molar-refractivity contribution in [3.8, 4) is 6.07 Å². The fourth-order valence-electron chi connectivity index (χ4n) is 0.233. The fourth-order valence-corrected chi connectivity index (χ4v) is 0.233. The van der Waals surface area contributed by atoms with Gasteiger partial charge in [-0.1, -0.05) is 5.16 Å². The number of rotatable bonds is 0. The first-order valence-corrected chi connectivity index (χ1v) is 1.66. The first-order chi connectivity index (χ1) is 3.43. The van der Waals surface area contributed by atoms with Gasteiger partial charge in [-0.25, -0.2) is 0 Å². The van der Waals surface area contributed by atoms with Crippen molar-refractivity contribution in [1.29, 1.82) is 5.26 Å². The second-order valence-electron chi connectivity index (χ2n) is 0.953. The summed E-state index contributed by atoms with van der Waals surface area (Å²) in [5.41, 5.74) is 0.333. The van der Waals surface area contributed by atoms with Gasteiger partial charge in [-0.2, -0.15) is 5.26 Å². The van der Waals surface area contributed by atoms with Gasteiger partial charge in [-0.15, -0.1) is 0 Å². The van der Waals surface area contributed by atoms with Crippen molar-refractivity contribution in [3.63, 3.8) is 0 Å². The molecule has 0 bridgehead atoms. The molecule has 0 atom stereocenters. The van der Waals surface area contributed by atoms with E-state index in [1.165, 1.54) is 6.20 Å². The van der Waals surface area contributed by atoms with Gasteiger partial charge in [0, 0.05) is 0 Å². The van der Waals surface area contributed by atoms with E-state index < -0.39 is 0 Å². The third-order valence-electron chi connectivity index (χ3n) is 0.511. The van der Waals surface area contributed by atoms with Crippen molar-refractivity contribution in [3.05, 3.63) is 18.0 Å². The maximum Gasteiger partial charge on any atom is 0.224 e. The Morgan fingerprint density at radius 2 is 2.86 bits per heavy atom. The van der Waals surface area contributed by atoms with Crippen molar-refractivity contribution in [2.45, 2.75) is 0 Å². The zero-order valence-electron chi connectivity index (χ0n) is 3.38. The van der Waals surface area contributed by atoms with E-state index in [4.69, 9.17) is 5.26 Å². The Morgan fingerprint density at radius 1 is 2.00 bits per heavy atom. The van der Waals surface area contributed by atoms with Crippen LogP contribution in [-0.4, -0.2) is 5.16 Å². The minimum absolute atomic E-state index is 0.333.